The van der Waals surface area contributed by atoms with Crippen molar-refractivity contribution in [3.05, 3.63) is 29.8 Å². The van der Waals surface area contributed by atoms with Crippen LogP contribution in [0, 0.1) is 11.6 Å². The molecule has 2 rings (SSSR count). The Kier molecular flexibility index (Phi) is 4.22. The molecule has 1 fully saturated rings. The van der Waals surface area contributed by atoms with Crippen LogP contribution in [0.25, 0.3) is 0 Å². The molecule has 1 saturated heterocycles. The van der Waals surface area contributed by atoms with Gasteiger partial charge in [-0.1, -0.05) is 6.07 Å². The number of halogens is 2. The zero-order chi connectivity index (χ0) is 13.0. The Morgan fingerprint density at radius 2 is 2.17 bits per heavy atom. The summed E-state index contributed by atoms with van der Waals surface area (Å²) < 4.78 is 31.9. The number of rotatable bonds is 3. The van der Waals surface area contributed by atoms with Gasteiger partial charge in [0.2, 0.25) is 5.91 Å². The van der Waals surface area contributed by atoms with Crippen molar-refractivity contribution in [3.63, 3.8) is 0 Å². The molecule has 18 heavy (non-hydrogen) atoms. The second-order valence-corrected chi connectivity index (χ2v) is 4.05. The zero-order valence-corrected chi connectivity index (χ0v) is 9.71. The molecule has 0 saturated carbocycles. The molecule has 0 aromatic heterocycles. The molecule has 1 atom stereocenters. The fourth-order valence-corrected chi connectivity index (χ4v) is 1.77. The number of anilines is 1. The number of hydrogen-bond donors (Lipinski definition) is 2. The van der Waals surface area contributed by atoms with Gasteiger partial charge in [-0.2, -0.15) is 0 Å². The fraction of sp³-hybridized carbons (Fsp3) is 0.417. The third kappa shape index (κ3) is 3.24. The first-order valence-electron chi connectivity index (χ1n) is 5.73. The van der Waals surface area contributed by atoms with E-state index in [0.717, 1.165) is 18.7 Å². The van der Waals surface area contributed by atoms with Crippen molar-refractivity contribution < 1.29 is 18.3 Å². The van der Waals surface area contributed by atoms with E-state index in [1.54, 1.807) is 0 Å². The molecule has 1 aromatic carbocycles. The number of amides is 1. The van der Waals surface area contributed by atoms with Crippen molar-refractivity contribution in [2.45, 2.75) is 12.5 Å². The van der Waals surface area contributed by atoms with Crippen LogP contribution >= 0.6 is 0 Å². The number of nitrogens with one attached hydrogen (secondary N) is 2. The molecule has 4 nitrogen and oxygen atoms in total. The highest BCUT2D eigenvalue weighted by Crippen LogP contribution is 2.18. The second-order valence-electron chi connectivity index (χ2n) is 4.05. The molecular formula is C12H14F2N2O2. The first-order chi connectivity index (χ1) is 8.66. The Bertz CT molecular complexity index is 414. The van der Waals surface area contributed by atoms with Crippen LogP contribution in [0.4, 0.5) is 14.5 Å². The standard InChI is InChI=1S/C12H14F2N2O2/c13-9-2-1-3-10(14)12(9)16-11(17)6-8-7-15-4-5-18-8/h1-3,8,15H,4-7H2,(H,16,17). The molecule has 1 amide bonds. The minimum atomic E-state index is -0.786. The van der Waals surface area contributed by atoms with Gasteiger partial charge in [-0.25, -0.2) is 8.78 Å². The van der Waals surface area contributed by atoms with E-state index in [0.29, 0.717) is 13.2 Å². The average molecular weight is 256 g/mol. The summed E-state index contributed by atoms with van der Waals surface area (Å²) >= 11 is 0. The van der Waals surface area contributed by atoms with Crippen LogP contribution in [0.5, 0.6) is 0 Å². The Hall–Kier alpha value is -1.53. The summed E-state index contributed by atoms with van der Waals surface area (Å²) in [6, 6.07) is 3.43. The van der Waals surface area contributed by atoms with Crippen molar-refractivity contribution in [1.29, 1.82) is 0 Å². The molecule has 98 valence electrons. The third-order valence-electron chi connectivity index (χ3n) is 2.64. The lowest BCUT2D eigenvalue weighted by Crippen LogP contribution is -2.40. The predicted octanol–water partition coefficient (Wildman–Crippen LogP) is 1.28. The van der Waals surface area contributed by atoms with Gasteiger partial charge in [-0.05, 0) is 12.1 Å². The highest BCUT2D eigenvalue weighted by molar-refractivity contribution is 5.91. The topological polar surface area (TPSA) is 50.4 Å². The largest absolute Gasteiger partial charge is 0.375 e. The summed E-state index contributed by atoms with van der Waals surface area (Å²) in [6.45, 7) is 1.85. The number of carbonyl (C=O) groups excluding carboxylic acids is 1. The molecule has 1 aliphatic heterocycles. The molecule has 0 aliphatic carbocycles. The van der Waals surface area contributed by atoms with E-state index in [-0.39, 0.29) is 12.5 Å². The summed E-state index contributed by atoms with van der Waals surface area (Å²) in [7, 11) is 0. The molecule has 2 N–H and O–H groups in total. The first kappa shape index (κ1) is 12.9. The van der Waals surface area contributed by atoms with Crippen LogP contribution in [-0.4, -0.2) is 31.7 Å². The van der Waals surface area contributed by atoms with Gasteiger partial charge in [0.1, 0.15) is 17.3 Å². The minimum Gasteiger partial charge on any atom is -0.375 e. The summed E-state index contributed by atoms with van der Waals surface area (Å²) in [5, 5.41) is 5.30. The summed E-state index contributed by atoms with van der Waals surface area (Å²) in [4.78, 5) is 11.6. The number of hydrogen-bond acceptors (Lipinski definition) is 3. The van der Waals surface area contributed by atoms with Crippen molar-refractivity contribution >= 4 is 11.6 Å². The number of ether oxygens (including phenoxy) is 1. The lowest BCUT2D eigenvalue weighted by atomic mass is 10.2. The van der Waals surface area contributed by atoms with E-state index in [2.05, 4.69) is 10.6 Å². The number of benzene rings is 1. The number of para-hydroxylation sites is 1. The lowest BCUT2D eigenvalue weighted by molar-refractivity contribution is -0.119. The predicted molar refractivity (Wildman–Crippen MR) is 62.2 cm³/mol. The Morgan fingerprint density at radius 3 is 2.78 bits per heavy atom. The van der Waals surface area contributed by atoms with Gasteiger partial charge < -0.3 is 15.4 Å². The van der Waals surface area contributed by atoms with Crippen molar-refractivity contribution in [3.8, 4) is 0 Å². The summed E-state index contributed by atoms with van der Waals surface area (Å²) in [5.41, 5.74) is -0.411. The zero-order valence-electron chi connectivity index (χ0n) is 9.71. The maximum absolute atomic E-state index is 13.3. The van der Waals surface area contributed by atoms with Gasteiger partial charge >= 0.3 is 0 Å². The molecule has 1 aliphatic rings. The van der Waals surface area contributed by atoms with E-state index < -0.39 is 23.2 Å². The SMILES string of the molecule is O=C(CC1CNCCO1)Nc1c(F)cccc1F. The van der Waals surface area contributed by atoms with Crippen LogP contribution in [0.15, 0.2) is 18.2 Å². The quantitative estimate of drug-likeness (QED) is 0.856. The lowest BCUT2D eigenvalue weighted by Gasteiger charge is -2.23. The maximum atomic E-state index is 13.3. The number of morpholine rings is 1. The molecule has 0 spiro atoms. The molecule has 6 heteroatoms. The van der Waals surface area contributed by atoms with E-state index in [1.807, 2.05) is 0 Å². The summed E-state index contributed by atoms with van der Waals surface area (Å²) in [6.07, 6.45) is -0.186. The monoisotopic (exact) mass is 256 g/mol. The minimum absolute atomic E-state index is 0.0702. The van der Waals surface area contributed by atoms with Gasteiger partial charge in [0, 0.05) is 13.1 Å². The van der Waals surface area contributed by atoms with E-state index in [1.165, 1.54) is 6.07 Å². The van der Waals surface area contributed by atoms with Crippen LogP contribution < -0.4 is 10.6 Å². The molecule has 0 radical (unpaired) electrons. The molecule has 1 aromatic rings. The van der Waals surface area contributed by atoms with Crippen LogP contribution in [0.1, 0.15) is 6.42 Å². The smallest absolute Gasteiger partial charge is 0.227 e. The molecule has 1 heterocycles. The van der Waals surface area contributed by atoms with E-state index in [9.17, 15) is 13.6 Å². The van der Waals surface area contributed by atoms with Crippen molar-refractivity contribution in [2.24, 2.45) is 0 Å². The first-order valence-corrected chi connectivity index (χ1v) is 5.73. The highest BCUT2D eigenvalue weighted by atomic mass is 19.1. The van der Waals surface area contributed by atoms with Gasteiger partial charge in [-0.3, -0.25) is 4.79 Å². The Balaban J connectivity index is 1.94. The Morgan fingerprint density at radius 1 is 1.44 bits per heavy atom. The van der Waals surface area contributed by atoms with E-state index in [4.69, 9.17) is 4.74 Å². The fourth-order valence-electron chi connectivity index (χ4n) is 1.77. The van der Waals surface area contributed by atoms with Gasteiger partial charge in [0.25, 0.3) is 0 Å². The van der Waals surface area contributed by atoms with Crippen molar-refractivity contribution in [2.75, 3.05) is 25.0 Å². The summed E-state index contributed by atoms with van der Waals surface area (Å²) in [5.74, 6) is -2.04. The van der Waals surface area contributed by atoms with Gasteiger partial charge in [0.05, 0.1) is 19.1 Å². The third-order valence-corrected chi connectivity index (χ3v) is 2.64. The van der Waals surface area contributed by atoms with Gasteiger partial charge in [0.15, 0.2) is 0 Å². The average Bonchev–Trinajstić information content (AvgIpc) is 2.35. The Labute approximate surface area is 103 Å². The normalized spacial score (nSPS) is 19.6. The van der Waals surface area contributed by atoms with Crippen molar-refractivity contribution in [1.82, 2.24) is 5.32 Å². The van der Waals surface area contributed by atoms with E-state index >= 15 is 0 Å². The number of carbonyl (C=O) groups is 1. The molecule has 0 bridgehead atoms. The highest BCUT2D eigenvalue weighted by Gasteiger charge is 2.19. The molecule has 1 unspecified atom stereocenters. The second kappa shape index (κ2) is 5.88. The van der Waals surface area contributed by atoms with Crippen LogP contribution in [-0.2, 0) is 9.53 Å². The maximum Gasteiger partial charge on any atom is 0.227 e. The van der Waals surface area contributed by atoms with Crippen LogP contribution in [0.3, 0.4) is 0 Å². The molecular weight excluding hydrogens is 242 g/mol. The van der Waals surface area contributed by atoms with Gasteiger partial charge in [-0.15, -0.1) is 0 Å². The van der Waals surface area contributed by atoms with Crippen LogP contribution in [0.2, 0.25) is 0 Å².